The fourth-order valence-corrected chi connectivity index (χ4v) is 10.7. The smallest absolute Gasteiger partial charge is 0.160 e. The molecule has 0 saturated heterocycles. The third-order valence-corrected chi connectivity index (χ3v) is 13.9. The van der Waals surface area contributed by atoms with Gasteiger partial charge in [-0.15, -0.1) is 22.7 Å². The molecule has 0 spiro atoms. The lowest BCUT2D eigenvalue weighted by atomic mass is 10.0. The molecule has 0 amide bonds. The third-order valence-electron chi connectivity index (χ3n) is 11.5. The van der Waals surface area contributed by atoms with E-state index in [1.165, 1.54) is 20.5 Å². The number of aromatic nitrogens is 4. The highest BCUT2D eigenvalue weighted by Gasteiger charge is 2.19. The van der Waals surface area contributed by atoms with Gasteiger partial charge in [-0.1, -0.05) is 182 Å². The summed E-state index contributed by atoms with van der Waals surface area (Å²) in [6.45, 7) is 0. The van der Waals surface area contributed by atoms with Crippen LogP contribution in [0.3, 0.4) is 0 Å². The molecular formula is C56H34N4S2. The molecule has 4 nitrogen and oxygen atoms in total. The van der Waals surface area contributed by atoms with Crippen LogP contribution in [0.25, 0.3) is 119 Å². The molecule has 0 bridgehead atoms. The maximum absolute atomic E-state index is 5.29. The van der Waals surface area contributed by atoms with E-state index in [2.05, 4.69) is 206 Å². The Kier molecular flexibility index (Phi) is 8.84. The molecule has 12 rings (SSSR count). The van der Waals surface area contributed by atoms with E-state index >= 15 is 0 Å². The Labute approximate surface area is 366 Å². The van der Waals surface area contributed by atoms with Crippen LogP contribution in [-0.4, -0.2) is 19.9 Å². The second-order valence-electron chi connectivity index (χ2n) is 15.4. The van der Waals surface area contributed by atoms with Gasteiger partial charge >= 0.3 is 0 Å². The van der Waals surface area contributed by atoms with E-state index < -0.39 is 0 Å². The van der Waals surface area contributed by atoms with E-state index in [4.69, 9.17) is 19.9 Å². The number of nitrogens with zero attached hydrogens (tertiary/aromatic N) is 4. The highest BCUT2D eigenvalue weighted by molar-refractivity contribution is 7.26. The third kappa shape index (κ3) is 6.45. The van der Waals surface area contributed by atoms with Gasteiger partial charge in [0, 0.05) is 42.4 Å². The van der Waals surface area contributed by atoms with Crippen LogP contribution >= 0.6 is 22.7 Å². The number of hydrogen-bond donors (Lipinski definition) is 0. The van der Waals surface area contributed by atoms with E-state index in [0.29, 0.717) is 11.6 Å². The van der Waals surface area contributed by atoms with Crippen molar-refractivity contribution in [2.24, 2.45) is 0 Å². The molecule has 0 aliphatic heterocycles. The molecule has 290 valence electrons. The molecule has 0 saturated carbocycles. The molecule has 0 fully saturated rings. The summed E-state index contributed by atoms with van der Waals surface area (Å²) < 4.78 is 4.60. The second kappa shape index (κ2) is 15.1. The number of rotatable bonds is 7. The average molecular weight is 827 g/mol. The standard InChI is InChI=1S/C56H34N4S2/c1-3-13-35(14-4-1)41-17-11-19-43(33-41)49-53-51(45-21-7-9-23-47(45)61-53)59-55(57-49)39-29-25-37(26-30-39)38-27-31-40(32-28-38)56-58-50(54-52(60-56)46-22-8-10-24-48(46)62-54)44-20-12-18-42(34-44)36-15-5-2-6-16-36/h1-34H. The number of thiophene rings is 2. The zero-order chi connectivity index (χ0) is 41.0. The van der Waals surface area contributed by atoms with Crippen molar-refractivity contribution in [2.45, 2.75) is 0 Å². The Balaban J connectivity index is 0.903. The van der Waals surface area contributed by atoms with Gasteiger partial charge in [0.2, 0.25) is 0 Å². The maximum Gasteiger partial charge on any atom is 0.160 e. The maximum atomic E-state index is 5.29. The van der Waals surface area contributed by atoms with Gasteiger partial charge in [0.15, 0.2) is 11.6 Å². The summed E-state index contributed by atoms with van der Waals surface area (Å²) >= 11 is 3.51. The van der Waals surface area contributed by atoms with Gasteiger partial charge in [0.05, 0.1) is 31.8 Å². The fourth-order valence-electron chi connectivity index (χ4n) is 8.41. The molecular weight excluding hydrogens is 793 g/mol. The highest BCUT2D eigenvalue weighted by atomic mass is 32.1. The summed E-state index contributed by atoms with van der Waals surface area (Å²) in [5.74, 6) is 1.42. The van der Waals surface area contributed by atoms with Gasteiger partial charge in [-0.2, -0.15) is 0 Å². The number of fused-ring (bicyclic) bond motifs is 6. The summed E-state index contributed by atoms with van der Waals surface area (Å²) in [5, 5.41) is 2.30. The average Bonchev–Trinajstić information content (AvgIpc) is 3.93. The van der Waals surface area contributed by atoms with E-state index in [1.807, 2.05) is 0 Å². The van der Waals surface area contributed by atoms with Crippen molar-refractivity contribution in [1.82, 2.24) is 19.9 Å². The first kappa shape index (κ1) is 36.2. The molecule has 0 aliphatic carbocycles. The van der Waals surface area contributed by atoms with Crippen LogP contribution in [0.5, 0.6) is 0 Å². The zero-order valence-corrected chi connectivity index (χ0v) is 34.9. The van der Waals surface area contributed by atoms with Crippen molar-refractivity contribution >= 4 is 63.3 Å². The minimum absolute atomic E-state index is 0.710. The minimum atomic E-state index is 0.710. The molecule has 4 heterocycles. The summed E-state index contributed by atoms with van der Waals surface area (Å²) in [4.78, 5) is 21.0. The summed E-state index contributed by atoms with van der Waals surface area (Å²) in [7, 11) is 0. The van der Waals surface area contributed by atoms with Gasteiger partial charge in [0.1, 0.15) is 0 Å². The van der Waals surface area contributed by atoms with Gasteiger partial charge in [-0.25, -0.2) is 19.9 Å². The number of benzene rings is 8. The Morgan fingerprint density at radius 1 is 0.258 bits per heavy atom. The van der Waals surface area contributed by atoms with Crippen LogP contribution in [0.4, 0.5) is 0 Å². The molecule has 0 aliphatic rings. The van der Waals surface area contributed by atoms with E-state index in [0.717, 1.165) is 87.1 Å². The molecule has 6 heteroatoms. The molecule has 0 atom stereocenters. The zero-order valence-electron chi connectivity index (χ0n) is 33.2. The van der Waals surface area contributed by atoms with Crippen LogP contribution in [0.15, 0.2) is 206 Å². The molecule has 12 aromatic rings. The first-order valence-corrected chi connectivity index (χ1v) is 22.2. The number of hydrogen-bond acceptors (Lipinski definition) is 6. The van der Waals surface area contributed by atoms with Crippen molar-refractivity contribution in [3.05, 3.63) is 206 Å². The lowest BCUT2D eigenvalue weighted by molar-refractivity contribution is 1.24. The SMILES string of the molecule is c1ccc(-c2cccc(-c3nc(-c4ccc(-c5ccc(-c6nc(-c7cccc(-c8ccccc8)c7)c7sc8ccccc8c7n6)cc5)cc4)nc4c3sc3ccccc34)c2)cc1. The molecule has 0 radical (unpaired) electrons. The molecule has 4 aromatic heterocycles. The predicted molar refractivity (Wildman–Crippen MR) is 261 cm³/mol. The van der Waals surface area contributed by atoms with Crippen LogP contribution in [0, 0.1) is 0 Å². The first-order valence-electron chi connectivity index (χ1n) is 20.6. The summed E-state index contributed by atoms with van der Waals surface area (Å²) in [6.07, 6.45) is 0. The van der Waals surface area contributed by atoms with Crippen LogP contribution < -0.4 is 0 Å². The fraction of sp³-hybridized carbons (Fsp3) is 0. The topological polar surface area (TPSA) is 51.6 Å². The molecule has 0 N–H and O–H groups in total. The predicted octanol–water partition coefficient (Wildman–Crippen LogP) is 15.7. The van der Waals surface area contributed by atoms with Crippen LogP contribution in [0.1, 0.15) is 0 Å². The lowest BCUT2D eigenvalue weighted by Crippen LogP contribution is -1.94. The Morgan fingerprint density at radius 3 is 1.03 bits per heavy atom. The van der Waals surface area contributed by atoms with Crippen molar-refractivity contribution in [2.75, 3.05) is 0 Å². The van der Waals surface area contributed by atoms with Gasteiger partial charge in [-0.05, 0) is 57.6 Å². The van der Waals surface area contributed by atoms with Crippen molar-refractivity contribution in [3.63, 3.8) is 0 Å². The summed E-state index contributed by atoms with van der Waals surface area (Å²) in [6, 6.07) is 72.6. The second-order valence-corrected chi connectivity index (χ2v) is 17.5. The Hall–Kier alpha value is -7.64. The first-order chi connectivity index (χ1) is 30.7. The Morgan fingerprint density at radius 2 is 0.597 bits per heavy atom. The van der Waals surface area contributed by atoms with Crippen LogP contribution in [0.2, 0.25) is 0 Å². The molecule has 0 unspecified atom stereocenters. The van der Waals surface area contributed by atoms with E-state index in [1.54, 1.807) is 22.7 Å². The van der Waals surface area contributed by atoms with Gasteiger partial charge in [0.25, 0.3) is 0 Å². The van der Waals surface area contributed by atoms with Crippen LogP contribution in [-0.2, 0) is 0 Å². The summed E-state index contributed by atoms with van der Waals surface area (Å²) in [5.41, 5.74) is 14.9. The largest absolute Gasteiger partial charge is 0.226 e. The van der Waals surface area contributed by atoms with Crippen molar-refractivity contribution < 1.29 is 0 Å². The molecule has 8 aromatic carbocycles. The lowest BCUT2D eigenvalue weighted by Gasteiger charge is -2.10. The Bertz CT molecular complexity index is 3370. The van der Waals surface area contributed by atoms with Gasteiger partial charge in [-0.3, -0.25) is 0 Å². The van der Waals surface area contributed by atoms with E-state index in [9.17, 15) is 0 Å². The monoisotopic (exact) mass is 826 g/mol. The minimum Gasteiger partial charge on any atom is -0.226 e. The highest BCUT2D eigenvalue weighted by Crippen LogP contribution is 2.42. The van der Waals surface area contributed by atoms with Gasteiger partial charge < -0.3 is 0 Å². The van der Waals surface area contributed by atoms with E-state index in [-0.39, 0.29) is 0 Å². The van der Waals surface area contributed by atoms with Crippen molar-refractivity contribution in [3.8, 4) is 78.7 Å². The normalized spacial score (nSPS) is 11.5. The van der Waals surface area contributed by atoms with Crippen molar-refractivity contribution in [1.29, 1.82) is 0 Å². The molecule has 62 heavy (non-hydrogen) atoms. The quantitative estimate of drug-likeness (QED) is 0.161.